The van der Waals surface area contributed by atoms with Crippen LogP contribution in [0.25, 0.3) is 0 Å². The lowest BCUT2D eigenvalue weighted by Gasteiger charge is -2.36. The number of unbranched alkanes of at least 4 members (excludes halogenated alkanes) is 1. The van der Waals surface area contributed by atoms with Crippen molar-refractivity contribution in [3.05, 3.63) is 30.3 Å². The van der Waals surface area contributed by atoms with Gasteiger partial charge in [0.15, 0.2) is 0 Å². The van der Waals surface area contributed by atoms with Gasteiger partial charge in [0.05, 0.1) is 11.8 Å². The molecule has 1 heterocycles. The average Bonchev–Trinajstić information content (AvgIpc) is 3.46. The van der Waals surface area contributed by atoms with Gasteiger partial charge in [-0.1, -0.05) is 31.5 Å². The molecule has 0 bridgehead atoms. The molecule has 2 fully saturated rings. The molecule has 2 aliphatic rings. The molecule has 2 atom stereocenters. The van der Waals surface area contributed by atoms with Crippen LogP contribution in [-0.4, -0.2) is 61.4 Å². The van der Waals surface area contributed by atoms with Crippen molar-refractivity contribution >= 4 is 17.5 Å². The summed E-state index contributed by atoms with van der Waals surface area (Å²) in [7, 11) is 1.86. The third kappa shape index (κ3) is 4.14. The third-order valence-corrected chi connectivity index (χ3v) is 5.36. The number of rotatable bonds is 6. The zero-order valence-corrected chi connectivity index (χ0v) is 15.4. The Morgan fingerprint density at radius 2 is 1.76 bits per heavy atom. The van der Waals surface area contributed by atoms with E-state index in [0.29, 0.717) is 0 Å². The molecule has 25 heavy (non-hydrogen) atoms. The first kappa shape index (κ1) is 17.8. The van der Waals surface area contributed by atoms with E-state index in [0.717, 1.165) is 52.0 Å². The van der Waals surface area contributed by atoms with E-state index in [1.54, 1.807) is 4.90 Å². The van der Waals surface area contributed by atoms with Crippen molar-refractivity contribution in [3.8, 4) is 0 Å². The number of anilines is 1. The molecule has 2 unspecified atom stereocenters. The Balaban J connectivity index is 1.47. The van der Waals surface area contributed by atoms with E-state index >= 15 is 0 Å². The standard InChI is InChI=1S/C20H29N3O2/c1-3-4-10-21(2)19(24)17-15-18(17)20(25)23-13-11-22(12-14-23)16-8-6-5-7-9-16/h5-9,17-18H,3-4,10-15H2,1-2H3. The average molecular weight is 343 g/mol. The molecule has 1 aromatic carbocycles. The molecule has 1 aromatic rings. The summed E-state index contributed by atoms with van der Waals surface area (Å²) in [6.45, 7) is 6.13. The minimum atomic E-state index is -0.0835. The summed E-state index contributed by atoms with van der Waals surface area (Å²) in [5.74, 6) is 0.158. The molecule has 1 aliphatic carbocycles. The third-order valence-electron chi connectivity index (χ3n) is 5.36. The highest BCUT2D eigenvalue weighted by atomic mass is 16.2. The van der Waals surface area contributed by atoms with Crippen LogP contribution < -0.4 is 4.90 Å². The second-order valence-corrected chi connectivity index (χ2v) is 7.21. The van der Waals surface area contributed by atoms with Gasteiger partial charge in [0.25, 0.3) is 0 Å². The number of hydrogen-bond acceptors (Lipinski definition) is 3. The molecule has 5 nitrogen and oxygen atoms in total. The molecule has 5 heteroatoms. The van der Waals surface area contributed by atoms with Crippen LogP contribution >= 0.6 is 0 Å². The Labute approximate surface area is 150 Å². The number of carbonyl (C=O) groups is 2. The second kappa shape index (κ2) is 7.89. The van der Waals surface area contributed by atoms with E-state index in [1.165, 1.54) is 5.69 Å². The largest absolute Gasteiger partial charge is 0.368 e. The van der Waals surface area contributed by atoms with E-state index in [1.807, 2.05) is 30.1 Å². The van der Waals surface area contributed by atoms with E-state index in [2.05, 4.69) is 24.0 Å². The minimum Gasteiger partial charge on any atom is -0.368 e. The minimum absolute atomic E-state index is 0.0819. The predicted molar refractivity (Wildman–Crippen MR) is 99.4 cm³/mol. The van der Waals surface area contributed by atoms with Crippen molar-refractivity contribution in [2.45, 2.75) is 26.2 Å². The number of piperazine rings is 1. The lowest BCUT2D eigenvalue weighted by atomic mass is 10.2. The first-order valence-corrected chi connectivity index (χ1v) is 9.45. The number of para-hydroxylation sites is 1. The van der Waals surface area contributed by atoms with Gasteiger partial charge in [-0.2, -0.15) is 0 Å². The van der Waals surface area contributed by atoms with Crippen LogP contribution in [-0.2, 0) is 9.59 Å². The molecule has 2 amide bonds. The summed E-state index contributed by atoms with van der Waals surface area (Å²) in [6.07, 6.45) is 2.83. The smallest absolute Gasteiger partial charge is 0.226 e. The van der Waals surface area contributed by atoms with Crippen molar-refractivity contribution in [1.29, 1.82) is 0 Å². The maximum Gasteiger partial charge on any atom is 0.226 e. The van der Waals surface area contributed by atoms with Crippen LogP contribution in [0, 0.1) is 11.8 Å². The van der Waals surface area contributed by atoms with Gasteiger partial charge < -0.3 is 14.7 Å². The predicted octanol–water partition coefficient (Wildman–Crippen LogP) is 2.23. The fraction of sp³-hybridized carbons (Fsp3) is 0.600. The molecule has 136 valence electrons. The van der Waals surface area contributed by atoms with E-state index in [9.17, 15) is 9.59 Å². The van der Waals surface area contributed by atoms with E-state index in [4.69, 9.17) is 0 Å². The highest BCUT2D eigenvalue weighted by Crippen LogP contribution is 2.41. The highest BCUT2D eigenvalue weighted by molar-refractivity contribution is 5.92. The van der Waals surface area contributed by atoms with Gasteiger partial charge in [-0.05, 0) is 25.0 Å². The lowest BCUT2D eigenvalue weighted by molar-refractivity contribution is -0.137. The molecule has 1 saturated carbocycles. The molecule has 1 saturated heterocycles. The molecule has 0 N–H and O–H groups in total. The Morgan fingerprint density at radius 3 is 2.40 bits per heavy atom. The number of benzene rings is 1. The quantitative estimate of drug-likeness (QED) is 0.796. The van der Waals surface area contributed by atoms with Crippen molar-refractivity contribution in [3.63, 3.8) is 0 Å². The highest BCUT2D eigenvalue weighted by Gasteiger charge is 2.50. The van der Waals surface area contributed by atoms with Crippen molar-refractivity contribution in [1.82, 2.24) is 9.80 Å². The van der Waals surface area contributed by atoms with Gasteiger partial charge in [-0.15, -0.1) is 0 Å². The number of nitrogens with zero attached hydrogens (tertiary/aromatic N) is 3. The molecule has 0 spiro atoms. The Morgan fingerprint density at radius 1 is 1.08 bits per heavy atom. The fourth-order valence-electron chi connectivity index (χ4n) is 3.59. The maximum absolute atomic E-state index is 12.7. The van der Waals surface area contributed by atoms with Crippen molar-refractivity contribution in [2.24, 2.45) is 11.8 Å². The van der Waals surface area contributed by atoms with Crippen molar-refractivity contribution < 1.29 is 9.59 Å². The Hall–Kier alpha value is -2.04. The molecule has 3 rings (SSSR count). The van der Waals surface area contributed by atoms with Crippen LogP contribution in [0.1, 0.15) is 26.2 Å². The van der Waals surface area contributed by atoms with Crippen LogP contribution in [0.15, 0.2) is 30.3 Å². The fourth-order valence-corrected chi connectivity index (χ4v) is 3.59. The maximum atomic E-state index is 12.7. The van der Waals surface area contributed by atoms with Gasteiger partial charge in [-0.25, -0.2) is 0 Å². The van der Waals surface area contributed by atoms with E-state index < -0.39 is 0 Å². The summed E-state index contributed by atoms with van der Waals surface area (Å²) in [5.41, 5.74) is 1.21. The SMILES string of the molecule is CCCCN(C)C(=O)C1CC1C(=O)N1CCN(c2ccccc2)CC1. The van der Waals surface area contributed by atoms with Crippen LogP contribution in [0.2, 0.25) is 0 Å². The molecular weight excluding hydrogens is 314 g/mol. The summed E-state index contributed by atoms with van der Waals surface area (Å²) < 4.78 is 0. The van der Waals surface area contributed by atoms with Gasteiger partial charge in [-0.3, -0.25) is 9.59 Å². The normalized spacial score (nSPS) is 22.6. The topological polar surface area (TPSA) is 43.9 Å². The summed E-state index contributed by atoms with van der Waals surface area (Å²) >= 11 is 0. The molecule has 1 aliphatic heterocycles. The molecular formula is C20H29N3O2. The monoisotopic (exact) mass is 343 g/mol. The number of hydrogen-bond donors (Lipinski definition) is 0. The Kier molecular flexibility index (Phi) is 5.61. The van der Waals surface area contributed by atoms with E-state index in [-0.39, 0.29) is 23.7 Å². The number of carbonyl (C=O) groups excluding carboxylic acids is 2. The molecule has 0 radical (unpaired) electrons. The Bertz CT molecular complexity index is 596. The number of amides is 2. The van der Waals surface area contributed by atoms with Gasteiger partial charge in [0, 0.05) is 45.5 Å². The zero-order chi connectivity index (χ0) is 17.8. The van der Waals surface area contributed by atoms with Gasteiger partial charge in [0.1, 0.15) is 0 Å². The first-order valence-electron chi connectivity index (χ1n) is 9.45. The lowest BCUT2D eigenvalue weighted by Crippen LogP contribution is -2.49. The van der Waals surface area contributed by atoms with Crippen molar-refractivity contribution in [2.75, 3.05) is 44.7 Å². The van der Waals surface area contributed by atoms with Gasteiger partial charge in [0.2, 0.25) is 11.8 Å². The summed E-state index contributed by atoms with van der Waals surface area (Å²) in [6, 6.07) is 10.3. The van der Waals surface area contributed by atoms with Crippen LogP contribution in [0.4, 0.5) is 5.69 Å². The van der Waals surface area contributed by atoms with Crippen LogP contribution in [0.3, 0.4) is 0 Å². The summed E-state index contributed by atoms with van der Waals surface area (Å²) in [5, 5.41) is 0. The van der Waals surface area contributed by atoms with Gasteiger partial charge >= 0.3 is 0 Å². The summed E-state index contributed by atoms with van der Waals surface area (Å²) in [4.78, 5) is 31.2. The first-order chi connectivity index (χ1) is 12.1. The second-order valence-electron chi connectivity index (χ2n) is 7.21. The zero-order valence-electron chi connectivity index (χ0n) is 15.4. The molecule has 0 aromatic heterocycles. The van der Waals surface area contributed by atoms with Crippen LogP contribution in [0.5, 0.6) is 0 Å².